The van der Waals surface area contributed by atoms with Crippen LogP contribution in [0.1, 0.15) is 52.4 Å². The number of nitrogens with one attached hydrogen (secondary N) is 1. The van der Waals surface area contributed by atoms with Gasteiger partial charge < -0.3 is 19.5 Å². The Bertz CT molecular complexity index is 240. The highest BCUT2D eigenvalue weighted by atomic mass is 16.5. The maximum Gasteiger partial charge on any atom is 0.0701 e. The van der Waals surface area contributed by atoms with Crippen molar-refractivity contribution < 1.29 is 14.2 Å². The lowest BCUT2D eigenvalue weighted by Crippen LogP contribution is -2.39. The third kappa shape index (κ3) is 8.77. The van der Waals surface area contributed by atoms with Crippen LogP contribution in [0.4, 0.5) is 0 Å². The zero-order valence-corrected chi connectivity index (χ0v) is 14.3. The van der Waals surface area contributed by atoms with E-state index in [9.17, 15) is 0 Å². The molecule has 126 valence electrons. The fourth-order valence-corrected chi connectivity index (χ4v) is 2.99. The fraction of sp³-hybridized carbons (Fsp3) is 1.00. The van der Waals surface area contributed by atoms with Gasteiger partial charge in [-0.2, -0.15) is 0 Å². The SMILES string of the molecule is COCCOCCOCCC1(CNC(C)C)CCCCC1. The summed E-state index contributed by atoms with van der Waals surface area (Å²) in [5.41, 5.74) is 0.458. The van der Waals surface area contributed by atoms with Gasteiger partial charge in [0.15, 0.2) is 0 Å². The lowest BCUT2D eigenvalue weighted by Gasteiger charge is -2.38. The summed E-state index contributed by atoms with van der Waals surface area (Å²) in [6.07, 6.45) is 8.02. The lowest BCUT2D eigenvalue weighted by molar-refractivity contribution is 0.0123. The summed E-state index contributed by atoms with van der Waals surface area (Å²) < 4.78 is 16.1. The quantitative estimate of drug-likeness (QED) is 0.563. The minimum absolute atomic E-state index is 0.458. The second kappa shape index (κ2) is 11.4. The van der Waals surface area contributed by atoms with Gasteiger partial charge in [0.25, 0.3) is 0 Å². The van der Waals surface area contributed by atoms with Crippen molar-refractivity contribution in [3.8, 4) is 0 Å². The van der Waals surface area contributed by atoms with Gasteiger partial charge in [0.2, 0.25) is 0 Å². The van der Waals surface area contributed by atoms with Gasteiger partial charge in [0.1, 0.15) is 0 Å². The van der Waals surface area contributed by atoms with E-state index in [2.05, 4.69) is 19.2 Å². The van der Waals surface area contributed by atoms with E-state index in [1.807, 2.05) is 0 Å². The molecule has 1 N–H and O–H groups in total. The molecule has 21 heavy (non-hydrogen) atoms. The van der Waals surface area contributed by atoms with E-state index in [-0.39, 0.29) is 0 Å². The summed E-state index contributed by atoms with van der Waals surface area (Å²) >= 11 is 0. The largest absolute Gasteiger partial charge is 0.382 e. The van der Waals surface area contributed by atoms with Crippen LogP contribution in [0.15, 0.2) is 0 Å². The van der Waals surface area contributed by atoms with E-state index in [0.717, 1.165) is 13.2 Å². The van der Waals surface area contributed by atoms with Crippen LogP contribution in [0.25, 0.3) is 0 Å². The van der Waals surface area contributed by atoms with Gasteiger partial charge in [0, 0.05) is 26.3 Å². The van der Waals surface area contributed by atoms with Crippen LogP contribution in [0.3, 0.4) is 0 Å². The molecule has 0 amide bonds. The first-order chi connectivity index (χ1) is 10.2. The highest BCUT2D eigenvalue weighted by Crippen LogP contribution is 2.38. The van der Waals surface area contributed by atoms with E-state index in [1.165, 1.54) is 38.5 Å². The molecule has 0 aromatic carbocycles. The van der Waals surface area contributed by atoms with Gasteiger partial charge in [-0.25, -0.2) is 0 Å². The minimum atomic E-state index is 0.458. The predicted octanol–water partition coefficient (Wildman–Crippen LogP) is 3.00. The summed E-state index contributed by atoms with van der Waals surface area (Å²) in [4.78, 5) is 0. The van der Waals surface area contributed by atoms with Crippen molar-refractivity contribution in [1.29, 1.82) is 0 Å². The van der Waals surface area contributed by atoms with Crippen LogP contribution in [0.2, 0.25) is 0 Å². The third-order valence-corrected chi connectivity index (χ3v) is 4.38. The van der Waals surface area contributed by atoms with Crippen LogP contribution in [0.5, 0.6) is 0 Å². The highest BCUT2D eigenvalue weighted by molar-refractivity contribution is 4.85. The Morgan fingerprint density at radius 2 is 1.52 bits per heavy atom. The van der Waals surface area contributed by atoms with E-state index in [4.69, 9.17) is 14.2 Å². The molecule has 1 fully saturated rings. The maximum absolute atomic E-state index is 5.75. The van der Waals surface area contributed by atoms with Crippen molar-refractivity contribution in [2.45, 2.75) is 58.4 Å². The third-order valence-electron chi connectivity index (χ3n) is 4.38. The number of hydrogen-bond donors (Lipinski definition) is 1. The smallest absolute Gasteiger partial charge is 0.0701 e. The Hall–Kier alpha value is -0.160. The molecule has 4 heteroatoms. The van der Waals surface area contributed by atoms with Crippen LogP contribution in [-0.4, -0.2) is 52.7 Å². The van der Waals surface area contributed by atoms with Gasteiger partial charge in [-0.15, -0.1) is 0 Å². The molecule has 0 aliphatic heterocycles. The molecule has 0 heterocycles. The summed E-state index contributed by atoms with van der Waals surface area (Å²) in [5, 5.41) is 3.64. The molecule has 0 spiro atoms. The van der Waals surface area contributed by atoms with E-state index < -0.39 is 0 Å². The minimum Gasteiger partial charge on any atom is -0.382 e. The molecular formula is C17H35NO3. The van der Waals surface area contributed by atoms with E-state index >= 15 is 0 Å². The molecule has 0 unspecified atom stereocenters. The predicted molar refractivity (Wildman–Crippen MR) is 86.8 cm³/mol. The summed E-state index contributed by atoms with van der Waals surface area (Å²) in [6, 6.07) is 0.568. The molecule has 0 aromatic heterocycles. The molecule has 0 bridgehead atoms. The summed E-state index contributed by atoms with van der Waals surface area (Å²) in [7, 11) is 1.69. The molecule has 1 aliphatic rings. The second-order valence-corrected chi connectivity index (χ2v) is 6.56. The Morgan fingerprint density at radius 1 is 0.905 bits per heavy atom. The number of rotatable bonds is 12. The summed E-state index contributed by atoms with van der Waals surface area (Å²) in [5.74, 6) is 0. The average Bonchev–Trinajstić information content (AvgIpc) is 2.49. The Balaban J connectivity index is 2.14. The van der Waals surface area contributed by atoms with Crippen molar-refractivity contribution in [2.75, 3.05) is 46.7 Å². The number of ether oxygens (including phenoxy) is 3. The first-order valence-corrected chi connectivity index (χ1v) is 8.56. The van der Waals surface area contributed by atoms with Crippen LogP contribution < -0.4 is 5.32 Å². The lowest BCUT2D eigenvalue weighted by atomic mass is 9.72. The monoisotopic (exact) mass is 301 g/mol. The van der Waals surface area contributed by atoms with Gasteiger partial charge in [-0.05, 0) is 24.7 Å². The Kier molecular flexibility index (Phi) is 10.3. The first kappa shape index (κ1) is 18.9. The zero-order chi connectivity index (χ0) is 15.4. The molecular weight excluding hydrogens is 266 g/mol. The van der Waals surface area contributed by atoms with Gasteiger partial charge in [-0.3, -0.25) is 0 Å². The second-order valence-electron chi connectivity index (χ2n) is 6.56. The van der Waals surface area contributed by atoms with Crippen LogP contribution in [-0.2, 0) is 14.2 Å². The first-order valence-electron chi connectivity index (χ1n) is 8.56. The average molecular weight is 301 g/mol. The Morgan fingerprint density at radius 3 is 2.14 bits per heavy atom. The maximum atomic E-state index is 5.75. The normalized spacial score (nSPS) is 18.3. The summed E-state index contributed by atoms with van der Waals surface area (Å²) in [6.45, 7) is 9.12. The molecule has 0 radical (unpaired) electrons. The molecule has 1 aliphatic carbocycles. The van der Waals surface area contributed by atoms with E-state index in [0.29, 0.717) is 37.9 Å². The van der Waals surface area contributed by atoms with Crippen molar-refractivity contribution in [3.63, 3.8) is 0 Å². The highest BCUT2D eigenvalue weighted by Gasteiger charge is 2.31. The van der Waals surface area contributed by atoms with Crippen molar-refractivity contribution in [2.24, 2.45) is 5.41 Å². The number of hydrogen-bond acceptors (Lipinski definition) is 4. The van der Waals surface area contributed by atoms with Gasteiger partial charge in [0.05, 0.1) is 26.4 Å². The molecule has 0 aromatic rings. The molecule has 1 rings (SSSR count). The van der Waals surface area contributed by atoms with Crippen molar-refractivity contribution in [3.05, 3.63) is 0 Å². The van der Waals surface area contributed by atoms with Crippen molar-refractivity contribution in [1.82, 2.24) is 5.32 Å². The standard InChI is InChI=1S/C17H35NO3/c1-16(2)18-15-17(7-5-4-6-8-17)9-10-20-13-14-21-12-11-19-3/h16,18H,4-15H2,1-3H3. The molecule has 4 nitrogen and oxygen atoms in total. The fourth-order valence-electron chi connectivity index (χ4n) is 2.99. The van der Waals surface area contributed by atoms with Gasteiger partial charge in [-0.1, -0.05) is 33.1 Å². The zero-order valence-electron chi connectivity index (χ0n) is 14.3. The van der Waals surface area contributed by atoms with E-state index in [1.54, 1.807) is 7.11 Å². The number of methoxy groups -OCH3 is 1. The Labute approximate surface area is 130 Å². The molecule has 1 saturated carbocycles. The molecule has 0 saturated heterocycles. The van der Waals surface area contributed by atoms with Gasteiger partial charge >= 0.3 is 0 Å². The van der Waals surface area contributed by atoms with Crippen molar-refractivity contribution >= 4 is 0 Å². The van der Waals surface area contributed by atoms with Crippen LogP contribution in [0, 0.1) is 5.41 Å². The molecule has 0 atom stereocenters. The van der Waals surface area contributed by atoms with Crippen LogP contribution >= 0.6 is 0 Å². The topological polar surface area (TPSA) is 39.7 Å².